The predicted octanol–water partition coefficient (Wildman–Crippen LogP) is 4.82. The van der Waals surface area contributed by atoms with Crippen LogP contribution in [0.5, 0.6) is 11.5 Å². The summed E-state index contributed by atoms with van der Waals surface area (Å²) < 4.78 is 11.2. The topological polar surface area (TPSA) is 54.6 Å². The Morgan fingerprint density at radius 3 is 2.80 bits per heavy atom. The minimum Gasteiger partial charge on any atom is -0.493 e. The second-order valence-electron chi connectivity index (χ2n) is 8.00. The van der Waals surface area contributed by atoms with Crippen LogP contribution < -0.4 is 9.47 Å². The number of rotatable bonds is 9. The number of aromatic amines is 1. The lowest BCUT2D eigenvalue weighted by Gasteiger charge is -2.17. The van der Waals surface area contributed by atoms with E-state index in [1.807, 2.05) is 35.2 Å². The summed E-state index contributed by atoms with van der Waals surface area (Å²) in [5.41, 5.74) is 2.46. The van der Waals surface area contributed by atoms with Crippen LogP contribution in [0.15, 0.2) is 54.7 Å². The summed E-state index contributed by atoms with van der Waals surface area (Å²) >= 11 is 0. The van der Waals surface area contributed by atoms with Crippen LogP contribution in [0.2, 0.25) is 0 Å². The summed E-state index contributed by atoms with van der Waals surface area (Å²) in [6, 6.07) is 16.0. The molecule has 2 aromatic carbocycles. The maximum Gasteiger partial charge on any atom is 0.222 e. The fraction of sp³-hybridized carbons (Fsp3) is 0.400. The van der Waals surface area contributed by atoms with Crippen LogP contribution >= 0.6 is 0 Å². The van der Waals surface area contributed by atoms with Crippen molar-refractivity contribution in [1.82, 2.24) is 9.88 Å². The van der Waals surface area contributed by atoms with E-state index >= 15 is 0 Å². The maximum absolute atomic E-state index is 12.6. The highest BCUT2D eigenvalue weighted by atomic mass is 16.5. The van der Waals surface area contributed by atoms with Gasteiger partial charge in [-0.2, -0.15) is 0 Å². The summed E-state index contributed by atoms with van der Waals surface area (Å²) in [6.07, 6.45) is 6.52. The molecule has 0 aliphatic carbocycles. The Kier molecular flexibility index (Phi) is 6.57. The molecule has 30 heavy (non-hydrogen) atoms. The highest BCUT2D eigenvalue weighted by Crippen LogP contribution is 2.27. The molecule has 0 bridgehead atoms. The van der Waals surface area contributed by atoms with Crippen LogP contribution in [-0.2, 0) is 11.2 Å². The van der Waals surface area contributed by atoms with Crippen molar-refractivity contribution in [3.63, 3.8) is 0 Å². The van der Waals surface area contributed by atoms with E-state index in [2.05, 4.69) is 29.4 Å². The zero-order valence-electron chi connectivity index (χ0n) is 17.6. The predicted molar refractivity (Wildman–Crippen MR) is 119 cm³/mol. The number of carbonyl (C=O) groups excluding carboxylic acids is 1. The third kappa shape index (κ3) is 4.78. The molecule has 158 valence electrons. The highest BCUT2D eigenvalue weighted by molar-refractivity contribution is 5.83. The number of benzene rings is 2. The van der Waals surface area contributed by atoms with Gasteiger partial charge in [0, 0.05) is 36.6 Å². The first-order chi connectivity index (χ1) is 14.7. The summed E-state index contributed by atoms with van der Waals surface area (Å²) in [5, 5.41) is 1.27. The van der Waals surface area contributed by atoms with Gasteiger partial charge in [-0.25, -0.2) is 0 Å². The second-order valence-corrected chi connectivity index (χ2v) is 8.00. The molecular formula is C25H30N2O3. The number of likely N-dealkylation sites (tertiary alicyclic amines) is 1. The van der Waals surface area contributed by atoms with Gasteiger partial charge in [0.1, 0.15) is 0 Å². The van der Waals surface area contributed by atoms with Gasteiger partial charge in [0.2, 0.25) is 5.91 Å². The molecule has 1 atom stereocenters. The molecule has 1 aliphatic rings. The van der Waals surface area contributed by atoms with Gasteiger partial charge in [-0.3, -0.25) is 4.79 Å². The minimum absolute atomic E-state index is 0.281. The van der Waals surface area contributed by atoms with Crippen LogP contribution in [-0.4, -0.2) is 42.6 Å². The van der Waals surface area contributed by atoms with E-state index in [4.69, 9.17) is 9.47 Å². The Balaban J connectivity index is 1.18. The molecular weight excluding hydrogens is 376 g/mol. The van der Waals surface area contributed by atoms with Gasteiger partial charge in [0.05, 0.1) is 13.7 Å². The van der Waals surface area contributed by atoms with Gasteiger partial charge < -0.3 is 19.4 Å². The number of para-hydroxylation sites is 3. The van der Waals surface area contributed by atoms with Crippen molar-refractivity contribution in [3.8, 4) is 11.5 Å². The molecule has 1 N–H and O–H groups in total. The summed E-state index contributed by atoms with van der Waals surface area (Å²) in [4.78, 5) is 18.0. The fourth-order valence-corrected chi connectivity index (χ4v) is 4.30. The van der Waals surface area contributed by atoms with Crippen molar-refractivity contribution in [2.45, 2.75) is 32.1 Å². The van der Waals surface area contributed by atoms with E-state index in [-0.39, 0.29) is 5.91 Å². The van der Waals surface area contributed by atoms with Crippen LogP contribution in [0, 0.1) is 5.92 Å². The van der Waals surface area contributed by atoms with Crippen LogP contribution in [0.1, 0.15) is 31.2 Å². The van der Waals surface area contributed by atoms with E-state index < -0.39 is 0 Å². The van der Waals surface area contributed by atoms with Crippen LogP contribution in [0.3, 0.4) is 0 Å². The average molecular weight is 407 g/mol. The lowest BCUT2D eigenvalue weighted by atomic mass is 10.1. The molecule has 5 heteroatoms. The van der Waals surface area contributed by atoms with Crippen molar-refractivity contribution >= 4 is 16.8 Å². The Morgan fingerprint density at radius 1 is 1.13 bits per heavy atom. The minimum atomic E-state index is 0.281. The Bertz CT molecular complexity index is 981. The van der Waals surface area contributed by atoms with E-state index in [1.54, 1.807) is 7.11 Å². The molecule has 1 saturated heterocycles. The largest absolute Gasteiger partial charge is 0.493 e. The number of fused-ring (bicyclic) bond motifs is 1. The number of nitrogens with one attached hydrogen (secondary N) is 1. The number of carbonyl (C=O) groups is 1. The van der Waals surface area contributed by atoms with Gasteiger partial charge in [-0.1, -0.05) is 30.3 Å². The molecule has 4 rings (SSSR count). The van der Waals surface area contributed by atoms with E-state index in [1.165, 1.54) is 10.9 Å². The smallest absolute Gasteiger partial charge is 0.222 e. The van der Waals surface area contributed by atoms with Gasteiger partial charge in [0.25, 0.3) is 0 Å². The molecule has 0 radical (unpaired) electrons. The van der Waals surface area contributed by atoms with E-state index in [0.29, 0.717) is 18.9 Å². The molecule has 0 spiro atoms. The number of hydrogen-bond acceptors (Lipinski definition) is 3. The number of aromatic nitrogens is 1. The third-order valence-electron chi connectivity index (χ3n) is 6.00. The number of H-pyrrole nitrogens is 1. The molecule has 1 aliphatic heterocycles. The third-order valence-corrected chi connectivity index (χ3v) is 6.00. The fourth-order valence-electron chi connectivity index (χ4n) is 4.30. The van der Waals surface area contributed by atoms with Crippen LogP contribution in [0.25, 0.3) is 10.9 Å². The number of nitrogens with zero attached hydrogens (tertiary/aromatic N) is 1. The first-order valence-corrected chi connectivity index (χ1v) is 10.8. The van der Waals surface area contributed by atoms with Gasteiger partial charge in [-0.15, -0.1) is 0 Å². The van der Waals surface area contributed by atoms with E-state index in [9.17, 15) is 4.79 Å². The van der Waals surface area contributed by atoms with Crippen molar-refractivity contribution in [3.05, 3.63) is 60.3 Å². The van der Waals surface area contributed by atoms with Gasteiger partial charge >= 0.3 is 0 Å². The number of hydrogen-bond donors (Lipinski definition) is 1. The van der Waals surface area contributed by atoms with Crippen molar-refractivity contribution in [1.29, 1.82) is 0 Å². The summed E-state index contributed by atoms with van der Waals surface area (Å²) in [5.74, 6) is 2.33. The Morgan fingerprint density at radius 2 is 1.93 bits per heavy atom. The van der Waals surface area contributed by atoms with Crippen molar-refractivity contribution < 1.29 is 14.3 Å². The molecule has 1 fully saturated rings. The lowest BCUT2D eigenvalue weighted by molar-refractivity contribution is -0.130. The molecule has 3 aromatic rings. The van der Waals surface area contributed by atoms with Gasteiger partial charge in [-0.05, 0) is 55.4 Å². The number of amides is 1. The van der Waals surface area contributed by atoms with E-state index in [0.717, 1.165) is 55.8 Å². The number of methoxy groups -OCH3 is 1. The number of ether oxygens (including phenoxy) is 2. The zero-order chi connectivity index (χ0) is 20.8. The van der Waals surface area contributed by atoms with Crippen molar-refractivity contribution in [2.24, 2.45) is 5.92 Å². The van der Waals surface area contributed by atoms with Crippen LogP contribution in [0.4, 0.5) is 0 Å². The Hall–Kier alpha value is -2.95. The quantitative estimate of drug-likeness (QED) is 0.554. The maximum atomic E-state index is 12.6. The number of aryl methyl sites for hydroxylation is 1. The molecule has 5 nitrogen and oxygen atoms in total. The molecule has 0 saturated carbocycles. The molecule has 1 amide bonds. The summed E-state index contributed by atoms with van der Waals surface area (Å²) in [6.45, 7) is 2.36. The average Bonchev–Trinajstić information content (AvgIpc) is 3.42. The summed E-state index contributed by atoms with van der Waals surface area (Å²) in [7, 11) is 1.65. The highest BCUT2D eigenvalue weighted by Gasteiger charge is 2.25. The Labute approximate surface area is 178 Å². The molecule has 1 unspecified atom stereocenters. The second kappa shape index (κ2) is 9.70. The van der Waals surface area contributed by atoms with Crippen molar-refractivity contribution in [2.75, 3.05) is 26.8 Å². The molecule has 1 aromatic heterocycles. The SMILES string of the molecule is COc1ccccc1OCCC1CCN(C(=O)CCCc2c[nH]c3ccccc23)C1. The standard InChI is InChI=1S/C25H30N2O3/c1-29-23-10-4-5-11-24(23)30-16-14-19-13-15-27(18-19)25(28)12-6-7-20-17-26-22-9-3-2-8-21(20)22/h2-5,8-11,17,19,26H,6-7,12-16,18H2,1H3. The molecule has 2 heterocycles. The normalized spacial score (nSPS) is 16.2. The first-order valence-electron chi connectivity index (χ1n) is 10.8. The monoisotopic (exact) mass is 406 g/mol. The first kappa shape index (κ1) is 20.3. The van der Waals surface area contributed by atoms with Gasteiger partial charge in [0.15, 0.2) is 11.5 Å². The zero-order valence-corrected chi connectivity index (χ0v) is 17.6. The lowest BCUT2D eigenvalue weighted by Crippen LogP contribution is -2.28.